The number of aryl methyl sites for hydroxylation is 1. The molecule has 0 heteroatoms. The van der Waals surface area contributed by atoms with Crippen LogP contribution in [0, 0.1) is 19.1 Å². The molecular weight excluding hydrogens is 144 g/mol. The fourth-order valence-corrected chi connectivity index (χ4v) is 0.806. The maximum absolute atomic E-state index is 3.11. The SMILES string of the molecule is CC.Cc1c#cc(C(C)C)cc1. The summed E-state index contributed by atoms with van der Waals surface area (Å²) in [7, 11) is 0. The van der Waals surface area contributed by atoms with Crippen LogP contribution in [0.4, 0.5) is 0 Å². The summed E-state index contributed by atoms with van der Waals surface area (Å²) in [5.74, 6) is 0.567. The van der Waals surface area contributed by atoms with E-state index in [0.29, 0.717) is 5.92 Å². The summed E-state index contributed by atoms with van der Waals surface area (Å²) in [6.45, 7) is 10.4. The summed E-state index contributed by atoms with van der Waals surface area (Å²) >= 11 is 0. The molecule has 1 aromatic carbocycles. The van der Waals surface area contributed by atoms with Gasteiger partial charge in [-0.3, -0.25) is 0 Å². The summed E-state index contributed by atoms with van der Waals surface area (Å²) in [6, 6.07) is 10.4. The van der Waals surface area contributed by atoms with Crippen molar-refractivity contribution in [1.29, 1.82) is 0 Å². The maximum Gasteiger partial charge on any atom is 0.00497 e. The van der Waals surface area contributed by atoms with Crippen molar-refractivity contribution in [1.82, 2.24) is 0 Å². The van der Waals surface area contributed by atoms with E-state index in [1.54, 1.807) is 0 Å². The van der Waals surface area contributed by atoms with Gasteiger partial charge in [0.2, 0.25) is 0 Å². The van der Waals surface area contributed by atoms with E-state index in [4.69, 9.17) is 0 Å². The minimum atomic E-state index is 0.567. The van der Waals surface area contributed by atoms with Gasteiger partial charge in [-0.15, -0.1) is 0 Å². The van der Waals surface area contributed by atoms with Crippen molar-refractivity contribution in [2.24, 2.45) is 0 Å². The first-order chi connectivity index (χ1) is 5.70. The Morgan fingerprint density at radius 2 is 1.67 bits per heavy atom. The van der Waals surface area contributed by atoms with E-state index in [2.05, 4.69) is 38.1 Å². The highest BCUT2D eigenvalue weighted by molar-refractivity contribution is 5.16. The number of hydrogen-bond acceptors (Lipinski definition) is 0. The molecule has 0 aromatic heterocycles. The lowest BCUT2D eigenvalue weighted by molar-refractivity contribution is 0.867. The molecule has 0 bridgehead atoms. The van der Waals surface area contributed by atoms with Crippen molar-refractivity contribution in [3.63, 3.8) is 0 Å². The van der Waals surface area contributed by atoms with E-state index < -0.39 is 0 Å². The molecule has 0 saturated carbocycles. The Bertz CT molecular complexity index is 194. The van der Waals surface area contributed by atoms with E-state index in [1.807, 2.05) is 20.8 Å². The zero-order valence-corrected chi connectivity index (χ0v) is 8.73. The third-order valence-corrected chi connectivity index (χ3v) is 1.54. The van der Waals surface area contributed by atoms with Crippen molar-refractivity contribution in [2.75, 3.05) is 0 Å². The third-order valence-electron chi connectivity index (χ3n) is 1.54. The van der Waals surface area contributed by atoms with Crippen LogP contribution in [0.15, 0.2) is 12.1 Å². The molecular formula is C12H18. The van der Waals surface area contributed by atoms with Crippen LogP contribution < -0.4 is 0 Å². The van der Waals surface area contributed by atoms with Crippen LogP contribution in [0.3, 0.4) is 0 Å². The molecule has 0 saturated heterocycles. The van der Waals surface area contributed by atoms with Gasteiger partial charge in [-0.05, 0) is 30.5 Å². The van der Waals surface area contributed by atoms with Gasteiger partial charge >= 0.3 is 0 Å². The van der Waals surface area contributed by atoms with Gasteiger partial charge in [0.1, 0.15) is 0 Å². The standard InChI is InChI=1S/C10H12.C2H6/c1-8(2)10-6-4-9(3)5-7-10;1-2/h4,6,8H,1-3H3;1-2H3. The molecule has 0 aliphatic rings. The van der Waals surface area contributed by atoms with Gasteiger partial charge in [0, 0.05) is 5.56 Å². The van der Waals surface area contributed by atoms with Crippen molar-refractivity contribution < 1.29 is 0 Å². The van der Waals surface area contributed by atoms with E-state index >= 15 is 0 Å². The number of rotatable bonds is 1. The van der Waals surface area contributed by atoms with Crippen LogP contribution in [-0.4, -0.2) is 0 Å². The molecule has 0 radical (unpaired) electrons. The lowest BCUT2D eigenvalue weighted by atomic mass is 10.1. The van der Waals surface area contributed by atoms with E-state index in [0.717, 1.165) is 5.56 Å². The zero-order chi connectivity index (χ0) is 9.56. The Morgan fingerprint density at radius 1 is 1.08 bits per heavy atom. The summed E-state index contributed by atoms with van der Waals surface area (Å²) < 4.78 is 0. The molecule has 0 heterocycles. The maximum atomic E-state index is 3.11. The normalized spacial score (nSPS) is 8.50. The first-order valence-corrected chi connectivity index (χ1v) is 4.60. The minimum absolute atomic E-state index is 0.567. The van der Waals surface area contributed by atoms with Crippen LogP contribution >= 0.6 is 0 Å². The van der Waals surface area contributed by atoms with Crippen LogP contribution in [0.2, 0.25) is 0 Å². The van der Waals surface area contributed by atoms with Gasteiger partial charge < -0.3 is 0 Å². The van der Waals surface area contributed by atoms with Crippen molar-refractivity contribution >= 4 is 0 Å². The lowest BCUT2D eigenvalue weighted by Crippen LogP contribution is -1.83. The summed E-state index contributed by atoms with van der Waals surface area (Å²) in [5.41, 5.74) is 2.40. The average molecular weight is 162 g/mol. The first kappa shape index (κ1) is 11.0. The van der Waals surface area contributed by atoms with E-state index in [1.165, 1.54) is 5.56 Å². The van der Waals surface area contributed by atoms with Crippen molar-refractivity contribution in [2.45, 2.75) is 40.5 Å². The van der Waals surface area contributed by atoms with Gasteiger partial charge in [-0.2, -0.15) is 0 Å². The molecule has 0 fully saturated rings. The van der Waals surface area contributed by atoms with Crippen molar-refractivity contribution in [3.05, 3.63) is 35.4 Å². The minimum Gasteiger partial charge on any atom is -0.0683 e. The first-order valence-electron chi connectivity index (χ1n) is 4.60. The Kier molecular flexibility index (Phi) is 5.21. The molecule has 0 amide bonds. The Morgan fingerprint density at radius 3 is 2.00 bits per heavy atom. The second-order valence-electron chi connectivity index (χ2n) is 2.88. The van der Waals surface area contributed by atoms with Gasteiger partial charge in [-0.25, -0.2) is 0 Å². The predicted octanol–water partition coefficient (Wildman–Crippen LogP) is 3.75. The second-order valence-corrected chi connectivity index (χ2v) is 2.88. The average Bonchev–Trinajstić information content (AvgIpc) is 2.09. The Labute approximate surface area is 76.6 Å². The highest BCUT2D eigenvalue weighted by atomic mass is 14.0. The predicted molar refractivity (Wildman–Crippen MR) is 54.3 cm³/mol. The van der Waals surface area contributed by atoms with Gasteiger partial charge in [0.05, 0.1) is 0 Å². The summed E-state index contributed by atoms with van der Waals surface area (Å²) in [5, 5.41) is 0. The second kappa shape index (κ2) is 5.66. The fraction of sp³-hybridized carbons (Fsp3) is 0.500. The van der Waals surface area contributed by atoms with Gasteiger partial charge in [-0.1, -0.05) is 39.8 Å². The van der Waals surface area contributed by atoms with Crippen LogP contribution in [-0.2, 0) is 0 Å². The third kappa shape index (κ3) is 3.44. The Hall–Kier alpha value is -0.960. The van der Waals surface area contributed by atoms with Crippen LogP contribution in [0.1, 0.15) is 44.7 Å². The van der Waals surface area contributed by atoms with Crippen LogP contribution in [0.25, 0.3) is 0 Å². The van der Waals surface area contributed by atoms with E-state index in [-0.39, 0.29) is 0 Å². The fourth-order valence-electron chi connectivity index (χ4n) is 0.806. The molecule has 12 heavy (non-hydrogen) atoms. The molecule has 0 nitrogen and oxygen atoms in total. The van der Waals surface area contributed by atoms with Crippen molar-refractivity contribution in [3.8, 4) is 0 Å². The van der Waals surface area contributed by atoms with E-state index in [9.17, 15) is 0 Å². The number of hydrogen-bond donors (Lipinski definition) is 0. The topological polar surface area (TPSA) is 0 Å². The molecule has 0 N–H and O–H groups in total. The van der Waals surface area contributed by atoms with Crippen LogP contribution in [0.5, 0.6) is 0 Å². The summed E-state index contributed by atoms with van der Waals surface area (Å²) in [6.07, 6.45) is 0. The highest BCUT2D eigenvalue weighted by Gasteiger charge is 1.94. The molecule has 0 spiro atoms. The highest BCUT2D eigenvalue weighted by Crippen LogP contribution is 2.10. The molecule has 0 unspecified atom stereocenters. The summed E-state index contributed by atoms with van der Waals surface area (Å²) in [4.78, 5) is 0. The Balaban J connectivity index is 0.000000561. The largest absolute Gasteiger partial charge is 0.0683 e. The molecule has 0 atom stereocenters. The monoisotopic (exact) mass is 162 g/mol. The van der Waals surface area contributed by atoms with Gasteiger partial charge in [0.25, 0.3) is 0 Å². The zero-order valence-electron chi connectivity index (χ0n) is 8.73. The smallest absolute Gasteiger partial charge is 0.00497 e. The molecule has 1 rings (SSSR count). The lowest BCUT2D eigenvalue weighted by Gasteiger charge is -1.99. The molecule has 66 valence electrons. The molecule has 0 aliphatic carbocycles. The molecule has 0 aliphatic heterocycles. The van der Waals surface area contributed by atoms with Gasteiger partial charge in [0.15, 0.2) is 0 Å². The molecule has 1 aromatic rings. The quantitative estimate of drug-likeness (QED) is 0.590.